The molecule has 1 saturated carbocycles. The van der Waals surface area contributed by atoms with E-state index in [2.05, 4.69) is 91.4 Å². The summed E-state index contributed by atoms with van der Waals surface area (Å²) in [5.41, 5.74) is 10.8. The fourth-order valence-corrected chi connectivity index (χ4v) is 24.0. The zero-order valence-corrected chi connectivity index (χ0v) is 86.7. The number of carbonyl (C=O) groups is 7. The molecule has 3 N–H and O–H groups in total. The van der Waals surface area contributed by atoms with E-state index in [0.717, 1.165) is 150 Å². The van der Waals surface area contributed by atoms with Gasteiger partial charge in [0.15, 0.2) is 11.6 Å². The number of aliphatic hydroxyl groups is 3. The average molecular weight is 1950 g/mol. The zero-order valence-electron chi connectivity index (χ0n) is 84.0. The molecule has 2 fully saturated rings. The molecule has 0 radical (unpaired) electrons. The van der Waals surface area contributed by atoms with Crippen molar-refractivity contribution in [2.75, 3.05) is 45.3 Å². The van der Waals surface area contributed by atoms with Gasteiger partial charge >= 0.3 is 5.97 Å². The van der Waals surface area contributed by atoms with Crippen molar-refractivity contribution in [2.24, 2.45) is 5.16 Å². The van der Waals surface area contributed by atoms with Crippen LogP contribution in [-0.4, -0.2) is 123 Å². The first-order valence-electron chi connectivity index (χ1n) is 48.4. The first kappa shape index (κ1) is 110. The standard InChI is InChI=1S/C27H27NO3S.C26H27O3P.C23H32N2O2.C22H21O2P.C13H16O2.C10H12O2/c1-2-3-4-11-16-25(28-31-27(30)22-12-7-5-8-13-22)26(29)21-17-19-24(20-18-21)32-23-14-9-6-10-15-23;1-16-12-18(3)23(19(4)13-16)25(27)30(29,22-10-8-7-9-11-22)26(28)24-20(5)14-17(2)15-21(24)6;1-4-23(24(2)3,18-19-8-6-5-7-9-19)22(26)20-10-12-21(13-11-20)25-14-16-27-17-15-25;1-16-14-17(2)21(18(3)15-16)22(23)25(24,19-10-6-4-7-11-19)20-12-8-5-9-13-20;14-12(11-7-3-1-4-8-11)13(15)9-5-2-6-10-13;1-10(2,12)9(11)8-6-4-3-5-7-8/h5-10,12-15,17-20H,2-4,11,16H2,1H3;7-15H,1-6H3;5-13,22,26H,4,14-18H2,1-3H3;4-15H,1-3H3;1,3-4,7-8,15H,2,5-6,9-10H2;3-7,12H,1-2H3/b28-25-;;;;;. The maximum absolute atomic E-state index is 14.5. The third-order valence-corrected chi connectivity index (χ3v) is 31.9. The molecule has 1 heterocycles. The number of Topliss-reactive ketones (excluding diaryl/α,β-unsaturated/α-hetero) is 3. The molecule has 1 aliphatic carbocycles. The number of likely N-dealkylation sites (N-methyl/N-ethyl adjacent to an activating group) is 1. The zero-order chi connectivity index (χ0) is 102. The molecule has 2 atom stereocenters. The number of hydrogen-bond acceptors (Lipinski definition) is 18. The minimum absolute atomic E-state index is 0.109. The first-order valence-corrected chi connectivity index (χ1v) is 52.6. The molecular formula is C121H135N3O14P2S. The van der Waals surface area contributed by atoms with E-state index in [1.54, 1.807) is 139 Å². The second-order valence-electron chi connectivity index (χ2n) is 37.0. The number of aryl methyl sites for hydroxylation is 9. The minimum atomic E-state index is -4.11. The van der Waals surface area contributed by atoms with Crippen LogP contribution in [0.5, 0.6) is 0 Å². The van der Waals surface area contributed by atoms with E-state index in [4.69, 9.17) is 9.57 Å². The molecule has 17 nitrogen and oxygen atoms in total. The van der Waals surface area contributed by atoms with Gasteiger partial charge in [0.05, 0.1) is 30.4 Å². The molecule has 13 aromatic carbocycles. The van der Waals surface area contributed by atoms with Crippen molar-refractivity contribution in [3.63, 3.8) is 0 Å². The number of oxime groups is 1. The molecule has 141 heavy (non-hydrogen) atoms. The van der Waals surface area contributed by atoms with Crippen LogP contribution >= 0.6 is 26.0 Å². The summed E-state index contributed by atoms with van der Waals surface area (Å²) in [5, 5.41) is 36.4. The maximum atomic E-state index is 14.5. The Balaban J connectivity index is 0.000000178. The van der Waals surface area contributed by atoms with E-state index >= 15 is 0 Å². The van der Waals surface area contributed by atoms with Gasteiger partial charge in [-0.2, -0.15) is 0 Å². The number of anilines is 1. The highest BCUT2D eigenvalue weighted by Crippen LogP contribution is 2.53. The number of nitrogens with zero attached hydrogens (tertiary/aromatic N) is 3. The van der Waals surface area contributed by atoms with Crippen LogP contribution in [0.4, 0.5) is 5.69 Å². The Morgan fingerprint density at radius 1 is 0.468 bits per heavy atom. The topological polar surface area (TPSA) is 252 Å². The first-order chi connectivity index (χ1) is 67.5. The fourth-order valence-electron chi connectivity index (χ4n) is 18.0. The fraction of sp³-hybridized carbons (Fsp3) is 0.289. The van der Waals surface area contributed by atoms with Crippen LogP contribution < -0.4 is 20.8 Å². The Bertz CT molecular complexity index is 6270. The third kappa shape index (κ3) is 29.6. The summed E-state index contributed by atoms with van der Waals surface area (Å²) in [6.45, 7) is 27.7. The predicted molar refractivity (Wildman–Crippen MR) is 575 cm³/mol. The van der Waals surface area contributed by atoms with Gasteiger partial charge < -0.3 is 43.8 Å². The Morgan fingerprint density at radius 2 is 0.858 bits per heavy atom. The van der Waals surface area contributed by atoms with E-state index in [1.807, 2.05) is 214 Å². The highest BCUT2D eigenvalue weighted by atomic mass is 32.2. The van der Waals surface area contributed by atoms with Gasteiger partial charge in [0.2, 0.25) is 36.6 Å². The highest BCUT2D eigenvalue weighted by molar-refractivity contribution is 8.01. The molecule has 15 rings (SSSR count). The summed E-state index contributed by atoms with van der Waals surface area (Å²) >= 11 is 1.64. The quantitative estimate of drug-likeness (QED) is 0.00912. The number of rotatable bonds is 31. The molecule has 0 aromatic heterocycles. The normalized spacial score (nSPS) is 13.6. The van der Waals surface area contributed by atoms with Crippen molar-refractivity contribution >= 4 is 93.3 Å². The van der Waals surface area contributed by atoms with E-state index < -0.39 is 48.6 Å². The number of unbranched alkanes of at least 4 members (excludes halogenated alkanes) is 3. The summed E-state index contributed by atoms with van der Waals surface area (Å²) in [4.78, 5) is 102. The average Bonchev–Trinajstić information content (AvgIpc) is 0.755. The predicted octanol–water partition coefficient (Wildman–Crippen LogP) is 25.9. The van der Waals surface area contributed by atoms with Crippen molar-refractivity contribution in [3.8, 4) is 0 Å². The van der Waals surface area contributed by atoms with Gasteiger partial charge in [0.25, 0.3) is 0 Å². The Hall–Kier alpha value is -12.6. The SMILES string of the molecule is CC(C)(O)C(=O)c1ccccc1.CCC(Cc1ccccc1)(C(O)c1ccc(N2CCOCC2)cc1)N(C)C.CCCCCC/C(=N/OC(=O)c1ccccc1)C(=O)c1ccc(Sc2ccccc2)cc1.Cc1cc(C)c(C(=O)P(=O)(C(=O)c2c(C)cc(C)cc2C)c2ccccc2)c(C)c1.Cc1cc(C)c(C(=O)P(=O)(c2ccccc2)c2ccccc2)c(C)c1.O=C(c1ccccc1)C1(O)CCCCC1. The Kier molecular flexibility index (Phi) is 41.3. The highest BCUT2D eigenvalue weighted by Gasteiger charge is 2.46. The number of ketones is 3. The van der Waals surface area contributed by atoms with Crippen LogP contribution in [0.15, 0.2) is 343 Å². The van der Waals surface area contributed by atoms with Crippen molar-refractivity contribution in [1.82, 2.24) is 4.90 Å². The summed E-state index contributed by atoms with van der Waals surface area (Å²) in [6, 6.07) is 101. The summed E-state index contributed by atoms with van der Waals surface area (Å²) in [6.07, 6.45) is 9.87. The second kappa shape index (κ2) is 52.8. The molecule has 0 bridgehead atoms. The van der Waals surface area contributed by atoms with Crippen molar-refractivity contribution in [2.45, 2.75) is 200 Å². The number of carbonyl (C=O) groups excluding carboxylic acids is 7. The third-order valence-electron chi connectivity index (χ3n) is 25.4. The Morgan fingerprint density at radius 3 is 1.28 bits per heavy atom. The largest absolute Gasteiger partial charge is 0.386 e. The van der Waals surface area contributed by atoms with E-state index in [9.17, 15) is 58.0 Å². The molecule has 20 heteroatoms. The van der Waals surface area contributed by atoms with Gasteiger partial charge in [-0.3, -0.25) is 28.8 Å². The van der Waals surface area contributed by atoms with E-state index in [0.29, 0.717) is 68.8 Å². The number of aliphatic hydroxyl groups excluding tert-OH is 1. The van der Waals surface area contributed by atoms with Gasteiger partial charge in [-0.1, -0.05) is 353 Å². The van der Waals surface area contributed by atoms with E-state index in [-0.39, 0.29) is 39.4 Å². The lowest BCUT2D eigenvalue weighted by atomic mass is 9.79. The molecule has 0 spiro atoms. The van der Waals surface area contributed by atoms with Gasteiger partial charge in [-0.25, -0.2) is 4.79 Å². The second-order valence-corrected chi connectivity index (χ2v) is 43.3. The molecule has 1 saturated heterocycles. The van der Waals surface area contributed by atoms with Gasteiger partial charge in [0.1, 0.15) is 16.9 Å². The van der Waals surface area contributed by atoms with Gasteiger partial charge in [0, 0.05) is 77.9 Å². The maximum Gasteiger partial charge on any atom is 0.365 e. The number of hydrogen-bond donors (Lipinski definition) is 3. The lowest BCUT2D eigenvalue weighted by molar-refractivity contribution is -0.0122. The van der Waals surface area contributed by atoms with Crippen molar-refractivity contribution in [3.05, 3.63) is 428 Å². The molecule has 2 unspecified atom stereocenters. The van der Waals surface area contributed by atoms with Crippen LogP contribution in [0.1, 0.15) is 238 Å². The van der Waals surface area contributed by atoms with Crippen LogP contribution in [0, 0.1) is 62.3 Å². The van der Waals surface area contributed by atoms with Crippen LogP contribution in [0.2, 0.25) is 0 Å². The van der Waals surface area contributed by atoms with Gasteiger partial charge in [-0.05, 0) is 234 Å². The number of benzene rings is 13. The Labute approximate surface area is 838 Å². The lowest BCUT2D eigenvalue weighted by Gasteiger charge is -2.43. The van der Waals surface area contributed by atoms with Crippen LogP contribution in [-0.2, 0) is 25.1 Å². The monoisotopic (exact) mass is 1950 g/mol. The molecule has 2 aliphatic rings. The summed E-state index contributed by atoms with van der Waals surface area (Å²) in [5.74, 6) is -1.14. The lowest BCUT2D eigenvalue weighted by Crippen LogP contribution is -2.50. The van der Waals surface area contributed by atoms with Crippen LogP contribution in [0.3, 0.4) is 0 Å². The molecule has 1 aliphatic heterocycles. The minimum Gasteiger partial charge on any atom is -0.386 e. The van der Waals surface area contributed by atoms with Crippen molar-refractivity contribution in [1.29, 1.82) is 0 Å². The molecule has 734 valence electrons. The van der Waals surface area contributed by atoms with Crippen molar-refractivity contribution < 1.29 is 67.6 Å². The van der Waals surface area contributed by atoms with Gasteiger partial charge in [-0.15, -0.1) is 0 Å². The summed E-state index contributed by atoms with van der Waals surface area (Å²) < 4.78 is 34.1. The van der Waals surface area contributed by atoms with E-state index in [1.165, 1.54) is 25.1 Å². The van der Waals surface area contributed by atoms with Crippen LogP contribution in [0.25, 0.3) is 0 Å². The summed E-state index contributed by atoms with van der Waals surface area (Å²) in [7, 11) is -3.42. The molecule has 13 aromatic rings. The molecule has 0 amide bonds. The number of ether oxygens (including phenoxy) is 1. The smallest absolute Gasteiger partial charge is 0.365 e. The molecular weight excluding hydrogens is 1810 g/mol. The number of morpholine rings is 1.